The second-order valence-corrected chi connectivity index (χ2v) is 9.96. The summed E-state index contributed by atoms with van der Waals surface area (Å²) >= 11 is 6.44. The van der Waals surface area contributed by atoms with Crippen LogP contribution in [-0.4, -0.2) is 72.8 Å². The second kappa shape index (κ2) is 12.6. The number of halogens is 2. The van der Waals surface area contributed by atoms with Gasteiger partial charge in [0.15, 0.2) is 12.0 Å². The molecule has 1 saturated heterocycles. The molecule has 220 valence electrons. The van der Waals surface area contributed by atoms with Crippen molar-refractivity contribution < 1.29 is 23.5 Å². The van der Waals surface area contributed by atoms with Gasteiger partial charge in [-0.15, -0.1) is 5.10 Å². The third kappa shape index (κ3) is 5.81. The summed E-state index contributed by atoms with van der Waals surface area (Å²) in [6.07, 6.45) is 2.85. The summed E-state index contributed by atoms with van der Waals surface area (Å²) in [5.74, 6) is -0.571. The average molecular weight is 598 g/mol. The zero-order chi connectivity index (χ0) is 29.8. The molecule has 1 N–H and O–H groups in total. The van der Waals surface area contributed by atoms with Gasteiger partial charge in [0.25, 0.3) is 5.91 Å². The highest BCUT2D eigenvalue weighted by molar-refractivity contribution is 6.33. The topological polar surface area (TPSA) is 142 Å². The van der Waals surface area contributed by atoms with Gasteiger partial charge < -0.3 is 14.8 Å². The van der Waals surface area contributed by atoms with Crippen molar-refractivity contribution in [1.82, 2.24) is 40.3 Å². The number of hydrogen-bond donors (Lipinski definition) is 1. The van der Waals surface area contributed by atoms with E-state index in [0.717, 1.165) is 19.4 Å². The van der Waals surface area contributed by atoms with Crippen LogP contribution in [0.1, 0.15) is 43.3 Å². The quantitative estimate of drug-likeness (QED) is 0.296. The molecule has 4 aromatic rings. The molecule has 15 heteroatoms. The summed E-state index contributed by atoms with van der Waals surface area (Å²) in [5.41, 5.74) is 1.04. The maximum absolute atomic E-state index is 15.8. The van der Waals surface area contributed by atoms with Crippen LogP contribution in [0.3, 0.4) is 0 Å². The molecule has 0 spiro atoms. The van der Waals surface area contributed by atoms with Crippen LogP contribution in [0.4, 0.5) is 15.0 Å². The second-order valence-electron chi connectivity index (χ2n) is 9.56. The Labute approximate surface area is 245 Å². The fraction of sp³-hybridized carbons (Fsp3) is 0.370. The van der Waals surface area contributed by atoms with Gasteiger partial charge in [-0.2, -0.15) is 9.78 Å². The molecule has 2 atom stereocenters. The van der Waals surface area contributed by atoms with Crippen molar-refractivity contribution in [2.75, 3.05) is 24.6 Å². The summed E-state index contributed by atoms with van der Waals surface area (Å²) in [4.78, 5) is 31.6. The summed E-state index contributed by atoms with van der Waals surface area (Å²) in [6, 6.07) is 7.39. The van der Waals surface area contributed by atoms with Crippen LogP contribution in [0.15, 0.2) is 42.7 Å². The number of ether oxygens (including phenoxy) is 2. The molecule has 0 radical (unpaired) electrons. The van der Waals surface area contributed by atoms with Gasteiger partial charge in [-0.05, 0) is 67.9 Å². The lowest BCUT2D eigenvalue weighted by Gasteiger charge is -2.34. The molecule has 0 bridgehead atoms. The molecule has 1 aliphatic rings. The van der Waals surface area contributed by atoms with Crippen LogP contribution >= 0.6 is 11.6 Å². The van der Waals surface area contributed by atoms with Gasteiger partial charge in [-0.25, -0.2) is 14.2 Å². The number of carbonyl (C=O) groups excluding carboxylic acids is 2. The van der Waals surface area contributed by atoms with E-state index < -0.39 is 24.1 Å². The van der Waals surface area contributed by atoms with E-state index in [1.807, 2.05) is 0 Å². The number of rotatable bonds is 8. The first-order valence-corrected chi connectivity index (χ1v) is 13.8. The van der Waals surface area contributed by atoms with Crippen molar-refractivity contribution in [3.63, 3.8) is 0 Å². The van der Waals surface area contributed by atoms with E-state index in [-0.39, 0.29) is 29.6 Å². The van der Waals surface area contributed by atoms with Gasteiger partial charge in [0.1, 0.15) is 11.5 Å². The number of tetrazole rings is 1. The molecule has 1 aliphatic heterocycles. The van der Waals surface area contributed by atoms with Crippen molar-refractivity contribution in [2.24, 2.45) is 7.05 Å². The van der Waals surface area contributed by atoms with Crippen molar-refractivity contribution in [3.8, 4) is 22.6 Å². The lowest BCUT2D eigenvalue weighted by molar-refractivity contribution is 0.00140. The van der Waals surface area contributed by atoms with Crippen LogP contribution in [0.25, 0.3) is 22.6 Å². The van der Waals surface area contributed by atoms with Gasteiger partial charge in [-0.3, -0.25) is 14.4 Å². The summed E-state index contributed by atoms with van der Waals surface area (Å²) in [6.45, 7) is 4.77. The predicted molar refractivity (Wildman–Crippen MR) is 150 cm³/mol. The minimum absolute atomic E-state index is 0.135. The Balaban J connectivity index is 1.48. The van der Waals surface area contributed by atoms with E-state index in [0.29, 0.717) is 28.6 Å². The van der Waals surface area contributed by atoms with Crippen LogP contribution in [0, 0.1) is 5.82 Å². The summed E-state index contributed by atoms with van der Waals surface area (Å²) in [5, 5.41) is 19.6. The minimum Gasteiger partial charge on any atom is -0.435 e. The Morgan fingerprint density at radius 2 is 2.12 bits per heavy atom. The third-order valence-corrected chi connectivity index (χ3v) is 7.14. The molecular weight excluding hydrogens is 569 g/mol. The number of benzene rings is 1. The highest BCUT2D eigenvalue weighted by Gasteiger charge is 2.31. The Kier molecular flexibility index (Phi) is 8.73. The molecule has 2 unspecified atom stereocenters. The van der Waals surface area contributed by atoms with Gasteiger partial charge in [0.2, 0.25) is 5.82 Å². The maximum Gasteiger partial charge on any atom is 0.510 e. The zero-order valence-corrected chi connectivity index (χ0v) is 24.0. The van der Waals surface area contributed by atoms with E-state index in [9.17, 15) is 9.59 Å². The fourth-order valence-corrected chi connectivity index (χ4v) is 5.10. The van der Waals surface area contributed by atoms with Gasteiger partial charge in [0.05, 0.1) is 23.9 Å². The fourth-order valence-electron chi connectivity index (χ4n) is 4.88. The Morgan fingerprint density at radius 1 is 1.29 bits per heavy atom. The molecule has 3 aromatic heterocycles. The van der Waals surface area contributed by atoms with Gasteiger partial charge in [-0.1, -0.05) is 17.7 Å². The molecule has 1 amide bonds. The maximum atomic E-state index is 15.8. The Morgan fingerprint density at radius 3 is 2.83 bits per heavy atom. The van der Waals surface area contributed by atoms with Crippen LogP contribution in [0.5, 0.6) is 0 Å². The first-order chi connectivity index (χ1) is 20.3. The minimum atomic E-state index is -0.930. The first kappa shape index (κ1) is 29.1. The van der Waals surface area contributed by atoms with E-state index in [4.69, 9.17) is 21.1 Å². The molecule has 1 aromatic carbocycles. The number of anilines is 1. The van der Waals surface area contributed by atoms with Crippen molar-refractivity contribution >= 4 is 29.5 Å². The molecule has 0 saturated carbocycles. The van der Waals surface area contributed by atoms with Crippen LogP contribution < -0.4 is 10.2 Å². The van der Waals surface area contributed by atoms with Crippen molar-refractivity contribution in [1.29, 1.82) is 0 Å². The highest BCUT2D eigenvalue weighted by atomic mass is 35.5. The zero-order valence-electron chi connectivity index (χ0n) is 23.2. The lowest BCUT2D eigenvalue weighted by atomic mass is 10.0. The lowest BCUT2D eigenvalue weighted by Crippen LogP contribution is -2.49. The SMILES string of the molecule is CCOC(=O)OC(C)n1nnnc1-c1c(-c2ccc(C(=O)N(c3ncccc3Cl)C3CCCNC3)cc2F)cnn1C. The normalized spacial score (nSPS) is 15.7. The number of nitrogens with zero attached hydrogens (tertiary/aromatic N) is 8. The Bertz CT molecular complexity index is 1590. The van der Waals surface area contributed by atoms with Crippen LogP contribution in [0.2, 0.25) is 5.02 Å². The number of amides is 1. The molecule has 42 heavy (non-hydrogen) atoms. The number of carbonyl (C=O) groups is 2. The molecular formula is C27H29ClFN9O4. The number of nitrogens with one attached hydrogen (secondary N) is 1. The average Bonchev–Trinajstić information content (AvgIpc) is 3.61. The number of aromatic nitrogens is 7. The van der Waals surface area contributed by atoms with E-state index in [1.54, 1.807) is 45.3 Å². The van der Waals surface area contributed by atoms with E-state index in [2.05, 4.69) is 30.9 Å². The number of aryl methyl sites for hydroxylation is 1. The molecule has 0 aliphatic carbocycles. The monoisotopic (exact) mass is 597 g/mol. The highest BCUT2D eigenvalue weighted by Crippen LogP contribution is 2.34. The standard InChI is InChI=1S/C27H29ClFN9O4/c1-4-41-27(40)42-16(2)38-25(33-34-35-38)23-20(15-32-36(23)3)19-10-9-17(13-22(19)29)26(39)37(18-7-5-11-30-14-18)24-21(28)8-6-12-31-24/h6,8-10,12-13,15-16,18,30H,4-5,7,11,14H2,1-3H3. The molecule has 4 heterocycles. The van der Waals surface area contributed by atoms with Gasteiger partial charge in [0, 0.05) is 36.5 Å². The number of piperidine rings is 1. The van der Waals surface area contributed by atoms with Crippen LogP contribution in [-0.2, 0) is 16.5 Å². The van der Waals surface area contributed by atoms with Crippen molar-refractivity contribution in [2.45, 2.75) is 39.0 Å². The van der Waals surface area contributed by atoms with Gasteiger partial charge >= 0.3 is 6.16 Å². The number of hydrogen-bond acceptors (Lipinski definition) is 10. The van der Waals surface area contributed by atoms with Crippen molar-refractivity contribution in [3.05, 3.63) is 59.1 Å². The Hall–Kier alpha value is -4.43. The molecule has 1 fully saturated rings. The molecule has 13 nitrogen and oxygen atoms in total. The molecule has 5 rings (SSSR count). The first-order valence-electron chi connectivity index (χ1n) is 13.4. The predicted octanol–water partition coefficient (Wildman–Crippen LogP) is 4.02. The van der Waals surface area contributed by atoms with E-state index >= 15 is 4.39 Å². The third-order valence-electron chi connectivity index (χ3n) is 6.85. The smallest absolute Gasteiger partial charge is 0.435 e. The number of pyridine rings is 1. The summed E-state index contributed by atoms with van der Waals surface area (Å²) < 4.78 is 28.6. The summed E-state index contributed by atoms with van der Waals surface area (Å²) in [7, 11) is 1.65. The largest absolute Gasteiger partial charge is 0.510 e. The van der Waals surface area contributed by atoms with E-state index in [1.165, 1.54) is 32.6 Å².